The molecule has 0 aliphatic carbocycles. The summed E-state index contributed by atoms with van der Waals surface area (Å²) in [4.78, 5) is 23.3. The minimum atomic E-state index is -1.35. The van der Waals surface area contributed by atoms with Gasteiger partial charge in [-0.25, -0.2) is 4.79 Å². The Morgan fingerprint density at radius 2 is 1.75 bits per heavy atom. The fourth-order valence-electron chi connectivity index (χ4n) is 4.16. The minimum absolute atomic E-state index is 0.0733. The van der Waals surface area contributed by atoms with Crippen LogP contribution in [0, 0.1) is 11.8 Å². The third-order valence-corrected chi connectivity index (χ3v) is 5.82. The largest absolute Gasteiger partial charge is 0.479 e. The highest BCUT2D eigenvalue weighted by Gasteiger charge is 2.50. The maximum atomic E-state index is 11.7. The van der Waals surface area contributed by atoms with Crippen molar-refractivity contribution < 1.29 is 38.7 Å². The first-order chi connectivity index (χ1) is 13.1. The molecule has 28 heavy (non-hydrogen) atoms. The number of carboxylic acids is 1. The van der Waals surface area contributed by atoms with E-state index in [1.807, 2.05) is 20.8 Å². The predicted octanol–water partition coefficient (Wildman–Crippen LogP) is 0.531. The van der Waals surface area contributed by atoms with E-state index in [0.717, 1.165) is 6.42 Å². The number of aliphatic hydroxyl groups is 1. The van der Waals surface area contributed by atoms with Gasteiger partial charge in [0.25, 0.3) is 0 Å². The number of carbonyl (C=O) groups is 2. The highest BCUT2D eigenvalue weighted by atomic mass is 16.7. The number of aliphatic hydroxyl groups excluding tert-OH is 1. The van der Waals surface area contributed by atoms with Crippen LogP contribution in [0.3, 0.4) is 0 Å². The summed E-state index contributed by atoms with van der Waals surface area (Å²) >= 11 is 0. The molecule has 0 aromatic carbocycles. The Kier molecular flexibility index (Phi) is 7.81. The first kappa shape index (κ1) is 23.0. The number of carbonyl (C=O) groups excluding carboxylic acids is 1. The average molecular weight is 403 g/mol. The van der Waals surface area contributed by atoms with Crippen LogP contribution in [-0.4, -0.2) is 78.2 Å². The lowest BCUT2D eigenvalue weighted by Gasteiger charge is -2.48. The standard InChI is InChI=1S/C19H33NO8/c1-7-12-8(2)15(13(10(4)26-12)20-11(5)21)27-19-9(3)14(22)16(25-6)17(28-19)18(23)24/h8-10,12-17,19,22H,7H2,1-6H3,(H,20,21)(H,23,24). The lowest BCUT2D eigenvalue weighted by Crippen LogP contribution is -2.63. The van der Waals surface area contributed by atoms with Crippen LogP contribution >= 0.6 is 0 Å². The van der Waals surface area contributed by atoms with Gasteiger partial charge in [0.2, 0.25) is 5.91 Å². The molecule has 0 aromatic rings. The number of methoxy groups -OCH3 is 1. The van der Waals surface area contributed by atoms with E-state index >= 15 is 0 Å². The van der Waals surface area contributed by atoms with Crippen molar-refractivity contribution in [2.24, 2.45) is 11.8 Å². The molecule has 3 N–H and O–H groups in total. The first-order valence-electron chi connectivity index (χ1n) is 9.79. The number of nitrogens with one attached hydrogen (secondary N) is 1. The van der Waals surface area contributed by atoms with Crippen LogP contribution in [0.1, 0.15) is 41.0 Å². The van der Waals surface area contributed by atoms with Gasteiger partial charge in [0, 0.05) is 25.9 Å². The van der Waals surface area contributed by atoms with Crippen molar-refractivity contribution in [2.75, 3.05) is 7.11 Å². The monoisotopic (exact) mass is 403 g/mol. The second-order valence-electron chi connectivity index (χ2n) is 7.79. The van der Waals surface area contributed by atoms with Gasteiger partial charge in [0.1, 0.15) is 6.10 Å². The number of hydrogen-bond donors (Lipinski definition) is 3. The molecule has 0 aromatic heterocycles. The van der Waals surface area contributed by atoms with Gasteiger partial charge < -0.3 is 34.5 Å². The van der Waals surface area contributed by atoms with Crippen molar-refractivity contribution in [2.45, 2.75) is 90.0 Å². The highest BCUT2D eigenvalue weighted by Crippen LogP contribution is 2.35. The molecule has 2 fully saturated rings. The first-order valence-corrected chi connectivity index (χ1v) is 9.79. The number of aliphatic carboxylic acids is 1. The van der Waals surface area contributed by atoms with Crippen molar-refractivity contribution in [1.29, 1.82) is 0 Å². The van der Waals surface area contributed by atoms with E-state index < -0.39 is 48.6 Å². The molecule has 0 spiro atoms. The topological polar surface area (TPSA) is 124 Å². The zero-order valence-electron chi connectivity index (χ0n) is 17.3. The summed E-state index contributed by atoms with van der Waals surface area (Å²) in [5.74, 6) is -2.04. The number of carboxylic acid groups (broad SMARTS) is 1. The zero-order valence-corrected chi connectivity index (χ0v) is 17.3. The average Bonchev–Trinajstić information content (AvgIpc) is 2.63. The Balaban J connectivity index is 2.26. The minimum Gasteiger partial charge on any atom is -0.479 e. The van der Waals surface area contributed by atoms with Gasteiger partial charge in [0.15, 0.2) is 12.4 Å². The fraction of sp³-hybridized carbons (Fsp3) is 0.895. The SMILES string of the molecule is CCC1OC(C)C(NC(C)=O)C(OC2OC(C(=O)O)C(OC)C(O)C2C)C1C. The third-order valence-electron chi connectivity index (χ3n) is 5.82. The van der Waals surface area contributed by atoms with E-state index in [1.54, 1.807) is 6.92 Å². The normalized spacial score (nSPS) is 44.1. The molecule has 162 valence electrons. The van der Waals surface area contributed by atoms with Gasteiger partial charge in [-0.1, -0.05) is 20.8 Å². The van der Waals surface area contributed by atoms with Gasteiger partial charge in [0.05, 0.1) is 30.5 Å². The van der Waals surface area contributed by atoms with E-state index in [0.29, 0.717) is 0 Å². The molecule has 2 aliphatic heterocycles. The van der Waals surface area contributed by atoms with Gasteiger partial charge in [-0.2, -0.15) is 0 Å². The summed E-state index contributed by atoms with van der Waals surface area (Å²) in [6.45, 7) is 8.99. The molecule has 2 saturated heterocycles. The molecule has 9 heteroatoms. The summed E-state index contributed by atoms with van der Waals surface area (Å²) in [6, 6.07) is -0.424. The van der Waals surface area contributed by atoms with Crippen LogP contribution in [0.15, 0.2) is 0 Å². The van der Waals surface area contributed by atoms with Gasteiger partial charge in [-0.05, 0) is 13.3 Å². The van der Waals surface area contributed by atoms with Crippen LogP contribution in [0.2, 0.25) is 0 Å². The van der Waals surface area contributed by atoms with Crippen molar-refractivity contribution in [3.63, 3.8) is 0 Å². The van der Waals surface area contributed by atoms with Crippen LogP contribution in [0.5, 0.6) is 0 Å². The highest BCUT2D eigenvalue weighted by molar-refractivity contribution is 5.73. The third kappa shape index (κ3) is 4.65. The quantitative estimate of drug-likeness (QED) is 0.587. The molecular weight excluding hydrogens is 370 g/mol. The fourth-order valence-corrected chi connectivity index (χ4v) is 4.16. The number of hydrogen-bond acceptors (Lipinski definition) is 7. The molecule has 2 rings (SSSR count). The Hall–Kier alpha value is -1.26. The molecule has 2 heterocycles. The summed E-state index contributed by atoms with van der Waals surface area (Å²) < 4.78 is 23.1. The summed E-state index contributed by atoms with van der Waals surface area (Å²) in [6.07, 6.45) is -4.44. The van der Waals surface area contributed by atoms with Crippen molar-refractivity contribution in [3.05, 3.63) is 0 Å². The smallest absolute Gasteiger partial charge is 0.335 e. The molecule has 0 saturated carbocycles. The number of ether oxygens (including phenoxy) is 4. The Labute approximate surface area is 165 Å². The second-order valence-corrected chi connectivity index (χ2v) is 7.79. The van der Waals surface area contributed by atoms with Crippen LogP contribution in [0.25, 0.3) is 0 Å². The molecule has 10 unspecified atom stereocenters. The van der Waals surface area contributed by atoms with E-state index in [2.05, 4.69) is 5.32 Å². The van der Waals surface area contributed by atoms with Gasteiger partial charge in [-0.15, -0.1) is 0 Å². The summed E-state index contributed by atoms with van der Waals surface area (Å²) in [5.41, 5.74) is 0. The molecule has 0 radical (unpaired) electrons. The zero-order chi connectivity index (χ0) is 21.2. The van der Waals surface area contributed by atoms with Crippen LogP contribution in [0.4, 0.5) is 0 Å². The lowest BCUT2D eigenvalue weighted by molar-refractivity contribution is -0.307. The lowest BCUT2D eigenvalue weighted by atomic mass is 9.85. The van der Waals surface area contributed by atoms with E-state index in [-0.39, 0.29) is 24.0 Å². The summed E-state index contributed by atoms with van der Waals surface area (Å²) in [5, 5.41) is 22.9. The van der Waals surface area contributed by atoms with Crippen molar-refractivity contribution >= 4 is 11.9 Å². The van der Waals surface area contributed by atoms with Crippen LogP contribution in [-0.2, 0) is 28.5 Å². The second kappa shape index (κ2) is 9.49. The van der Waals surface area contributed by atoms with E-state index in [1.165, 1.54) is 14.0 Å². The Morgan fingerprint density at radius 1 is 1.11 bits per heavy atom. The maximum Gasteiger partial charge on any atom is 0.335 e. The van der Waals surface area contributed by atoms with E-state index in [9.17, 15) is 19.8 Å². The molecule has 10 atom stereocenters. The maximum absolute atomic E-state index is 11.7. The van der Waals surface area contributed by atoms with Gasteiger partial charge >= 0.3 is 5.97 Å². The predicted molar refractivity (Wildman–Crippen MR) is 98.5 cm³/mol. The molecular formula is C19H33NO8. The number of amides is 1. The molecule has 0 bridgehead atoms. The molecule has 1 amide bonds. The molecule has 9 nitrogen and oxygen atoms in total. The van der Waals surface area contributed by atoms with E-state index in [4.69, 9.17) is 18.9 Å². The molecule has 2 aliphatic rings. The van der Waals surface area contributed by atoms with Gasteiger partial charge in [-0.3, -0.25) is 4.79 Å². The Bertz CT molecular complexity index is 558. The summed E-state index contributed by atoms with van der Waals surface area (Å²) in [7, 11) is 1.34. The van der Waals surface area contributed by atoms with Crippen molar-refractivity contribution in [3.8, 4) is 0 Å². The van der Waals surface area contributed by atoms with Crippen LogP contribution < -0.4 is 5.32 Å². The van der Waals surface area contributed by atoms with Crippen molar-refractivity contribution in [1.82, 2.24) is 5.32 Å². The Morgan fingerprint density at radius 3 is 2.25 bits per heavy atom. The number of rotatable bonds is 6.